The number of methoxy groups -OCH3 is 2. The van der Waals surface area contributed by atoms with Gasteiger partial charge in [-0.2, -0.15) is 0 Å². The van der Waals surface area contributed by atoms with E-state index in [1.807, 2.05) is 10.8 Å². The van der Waals surface area contributed by atoms with Gasteiger partial charge in [-0.05, 0) is 49.6 Å². The summed E-state index contributed by atoms with van der Waals surface area (Å²) in [6.45, 7) is 5.38. The number of aromatic nitrogens is 3. The minimum absolute atomic E-state index is 0.167. The molecule has 0 atom stereocenters. The molecule has 0 aliphatic rings. The van der Waals surface area contributed by atoms with Crippen LogP contribution in [0.1, 0.15) is 27.9 Å². The van der Waals surface area contributed by atoms with Gasteiger partial charge in [-0.15, -0.1) is 0 Å². The van der Waals surface area contributed by atoms with Gasteiger partial charge in [0.15, 0.2) is 16.6 Å². The quantitative estimate of drug-likeness (QED) is 0.383. The van der Waals surface area contributed by atoms with Crippen LogP contribution >= 0.6 is 11.3 Å². The summed E-state index contributed by atoms with van der Waals surface area (Å²) in [5, 5.41) is 0.675. The molecule has 0 unspecified atom stereocenters. The van der Waals surface area contributed by atoms with Crippen molar-refractivity contribution in [2.24, 2.45) is 0 Å². The standard InChI is InChI=1S/C24H26N4O3S/c1-16-13-17(2)21-20(14-16)32-24(26-21)28(11-6-10-27-12-9-25-15-27)23(29)18-7-5-8-19(30-3)22(18)31-4/h5,7-9,12-15H,6,10-11H2,1-4H3. The van der Waals surface area contributed by atoms with Gasteiger partial charge in [-0.25, -0.2) is 9.97 Å². The lowest BCUT2D eigenvalue weighted by atomic mass is 10.1. The molecule has 4 aromatic rings. The van der Waals surface area contributed by atoms with Gasteiger partial charge < -0.3 is 14.0 Å². The van der Waals surface area contributed by atoms with Crippen molar-refractivity contribution in [3.8, 4) is 11.5 Å². The number of para-hydroxylation sites is 1. The van der Waals surface area contributed by atoms with Crippen LogP contribution in [0.2, 0.25) is 0 Å². The molecule has 2 aromatic carbocycles. The number of ether oxygens (including phenoxy) is 2. The lowest BCUT2D eigenvalue weighted by molar-refractivity contribution is 0.0982. The number of amides is 1. The Bertz CT molecular complexity index is 1230. The lowest BCUT2D eigenvalue weighted by Crippen LogP contribution is -2.32. The summed E-state index contributed by atoms with van der Waals surface area (Å²) < 4.78 is 14.0. The average molecular weight is 451 g/mol. The molecule has 0 saturated carbocycles. The molecule has 166 valence electrons. The SMILES string of the molecule is COc1cccc(C(=O)N(CCCn2ccnc2)c2nc3c(C)cc(C)cc3s2)c1OC. The zero-order valence-corrected chi connectivity index (χ0v) is 19.5. The van der Waals surface area contributed by atoms with Gasteiger partial charge >= 0.3 is 0 Å². The van der Waals surface area contributed by atoms with E-state index in [0.717, 1.165) is 28.7 Å². The highest BCUT2D eigenvalue weighted by atomic mass is 32.1. The van der Waals surface area contributed by atoms with Crippen LogP contribution in [0.4, 0.5) is 5.13 Å². The summed E-state index contributed by atoms with van der Waals surface area (Å²) in [5.74, 6) is 0.778. The Kier molecular flexibility index (Phi) is 6.41. The Labute approximate surface area is 191 Å². The van der Waals surface area contributed by atoms with Gasteiger partial charge in [-0.3, -0.25) is 9.69 Å². The molecule has 0 spiro atoms. The van der Waals surface area contributed by atoms with Crippen LogP contribution in [-0.4, -0.2) is 41.2 Å². The van der Waals surface area contributed by atoms with Crippen molar-refractivity contribution in [2.45, 2.75) is 26.8 Å². The average Bonchev–Trinajstić information content (AvgIpc) is 3.45. The van der Waals surface area contributed by atoms with E-state index in [4.69, 9.17) is 14.5 Å². The van der Waals surface area contributed by atoms with Gasteiger partial charge in [0.2, 0.25) is 0 Å². The van der Waals surface area contributed by atoms with Crippen molar-refractivity contribution < 1.29 is 14.3 Å². The second-order valence-corrected chi connectivity index (χ2v) is 8.59. The smallest absolute Gasteiger partial charge is 0.263 e. The largest absolute Gasteiger partial charge is 0.493 e. The van der Waals surface area contributed by atoms with E-state index < -0.39 is 0 Å². The first-order chi connectivity index (χ1) is 15.5. The number of benzene rings is 2. The van der Waals surface area contributed by atoms with E-state index in [1.165, 1.54) is 16.9 Å². The summed E-state index contributed by atoms with van der Waals surface area (Å²) in [6.07, 6.45) is 6.20. The number of carbonyl (C=O) groups excluding carboxylic acids is 1. The number of fused-ring (bicyclic) bond motifs is 1. The summed E-state index contributed by atoms with van der Waals surface area (Å²) >= 11 is 1.53. The Balaban J connectivity index is 1.72. The van der Waals surface area contributed by atoms with Crippen LogP contribution in [-0.2, 0) is 6.54 Å². The second-order valence-electron chi connectivity index (χ2n) is 7.58. The van der Waals surface area contributed by atoms with Crippen molar-refractivity contribution in [1.82, 2.24) is 14.5 Å². The van der Waals surface area contributed by atoms with Crippen LogP contribution in [0.3, 0.4) is 0 Å². The highest BCUT2D eigenvalue weighted by Crippen LogP contribution is 2.36. The predicted octanol–water partition coefficient (Wildman–Crippen LogP) is 4.86. The molecule has 4 rings (SSSR count). The Morgan fingerprint density at radius 3 is 2.75 bits per heavy atom. The normalized spacial score (nSPS) is 11.0. The molecule has 2 aromatic heterocycles. The van der Waals surface area contributed by atoms with Crippen LogP contribution in [0, 0.1) is 13.8 Å². The molecule has 32 heavy (non-hydrogen) atoms. The molecule has 0 aliphatic carbocycles. The van der Waals surface area contributed by atoms with E-state index in [0.29, 0.717) is 28.7 Å². The fourth-order valence-corrected chi connectivity index (χ4v) is 4.96. The van der Waals surface area contributed by atoms with Crippen LogP contribution in [0.5, 0.6) is 11.5 Å². The van der Waals surface area contributed by atoms with E-state index in [2.05, 4.69) is 31.0 Å². The summed E-state index contributed by atoms with van der Waals surface area (Å²) in [6, 6.07) is 9.56. The summed E-state index contributed by atoms with van der Waals surface area (Å²) in [5.41, 5.74) is 3.66. The molecule has 2 heterocycles. The third kappa shape index (κ3) is 4.31. The van der Waals surface area contributed by atoms with Crippen LogP contribution < -0.4 is 14.4 Å². The lowest BCUT2D eigenvalue weighted by Gasteiger charge is -2.22. The van der Waals surface area contributed by atoms with Crippen LogP contribution in [0.15, 0.2) is 49.1 Å². The number of aryl methyl sites for hydroxylation is 3. The topological polar surface area (TPSA) is 69.5 Å². The maximum absolute atomic E-state index is 13.8. The zero-order valence-electron chi connectivity index (χ0n) is 18.7. The molecular weight excluding hydrogens is 424 g/mol. The molecule has 0 fully saturated rings. The van der Waals surface area contributed by atoms with E-state index in [1.54, 1.807) is 49.8 Å². The number of anilines is 1. The Morgan fingerprint density at radius 1 is 1.19 bits per heavy atom. The van der Waals surface area contributed by atoms with Gasteiger partial charge in [0.1, 0.15) is 0 Å². The van der Waals surface area contributed by atoms with Gasteiger partial charge in [-0.1, -0.05) is 23.5 Å². The zero-order chi connectivity index (χ0) is 22.7. The van der Waals surface area contributed by atoms with Crippen LogP contribution in [0.25, 0.3) is 10.2 Å². The first kappa shape index (κ1) is 21.8. The van der Waals surface area contributed by atoms with Crippen molar-refractivity contribution >= 4 is 32.6 Å². The minimum atomic E-state index is -0.167. The highest BCUT2D eigenvalue weighted by Gasteiger charge is 2.25. The maximum atomic E-state index is 13.8. The fraction of sp³-hybridized carbons (Fsp3) is 0.292. The fourth-order valence-electron chi connectivity index (χ4n) is 3.79. The van der Waals surface area contributed by atoms with Crippen molar-refractivity contribution in [2.75, 3.05) is 25.7 Å². The number of hydrogen-bond donors (Lipinski definition) is 0. The third-order valence-electron chi connectivity index (χ3n) is 5.29. The first-order valence-corrected chi connectivity index (χ1v) is 11.2. The number of hydrogen-bond acceptors (Lipinski definition) is 6. The van der Waals surface area contributed by atoms with Gasteiger partial charge in [0.05, 0.1) is 36.3 Å². The van der Waals surface area contributed by atoms with Gasteiger partial charge in [0.25, 0.3) is 5.91 Å². The predicted molar refractivity (Wildman–Crippen MR) is 127 cm³/mol. The molecule has 7 nitrogen and oxygen atoms in total. The van der Waals surface area contributed by atoms with E-state index >= 15 is 0 Å². The van der Waals surface area contributed by atoms with Gasteiger partial charge in [0, 0.05) is 25.5 Å². The van der Waals surface area contributed by atoms with E-state index in [9.17, 15) is 4.79 Å². The van der Waals surface area contributed by atoms with Crippen molar-refractivity contribution in [3.05, 3.63) is 65.7 Å². The first-order valence-electron chi connectivity index (χ1n) is 10.4. The molecule has 8 heteroatoms. The highest BCUT2D eigenvalue weighted by molar-refractivity contribution is 7.22. The maximum Gasteiger partial charge on any atom is 0.263 e. The molecule has 0 bridgehead atoms. The molecular formula is C24H26N4O3S. The number of imidazole rings is 1. The molecule has 1 amide bonds. The third-order valence-corrected chi connectivity index (χ3v) is 6.31. The summed E-state index contributed by atoms with van der Waals surface area (Å²) in [7, 11) is 3.11. The summed E-state index contributed by atoms with van der Waals surface area (Å²) in [4.78, 5) is 24.4. The second kappa shape index (κ2) is 9.40. The van der Waals surface area contributed by atoms with Crippen molar-refractivity contribution in [1.29, 1.82) is 0 Å². The number of nitrogens with zero attached hydrogens (tertiary/aromatic N) is 4. The number of thiazole rings is 1. The molecule has 0 N–H and O–H groups in total. The number of rotatable bonds is 8. The van der Waals surface area contributed by atoms with E-state index in [-0.39, 0.29) is 5.91 Å². The Morgan fingerprint density at radius 2 is 2.03 bits per heavy atom. The monoisotopic (exact) mass is 450 g/mol. The van der Waals surface area contributed by atoms with Crippen molar-refractivity contribution in [3.63, 3.8) is 0 Å². The minimum Gasteiger partial charge on any atom is -0.493 e. The Hall–Kier alpha value is -3.39. The molecule has 0 aliphatic heterocycles. The number of carbonyl (C=O) groups is 1. The molecule has 0 saturated heterocycles. The molecule has 0 radical (unpaired) electrons.